The minimum atomic E-state index is -0.858. The van der Waals surface area contributed by atoms with Gasteiger partial charge >= 0.3 is 5.97 Å². The number of fused-ring (bicyclic) bond motifs is 6. The summed E-state index contributed by atoms with van der Waals surface area (Å²) in [4.78, 5) is 17.9. The van der Waals surface area contributed by atoms with Crippen molar-refractivity contribution in [3.8, 4) is 0 Å². The molecule has 3 heterocycles. The molecule has 3 aromatic rings. The Balaban J connectivity index is 1.63. The maximum Gasteiger partial charge on any atom is 0.337 e. The first kappa shape index (κ1) is 22.7. The van der Waals surface area contributed by atoms with Gasteiger partial charge in [-0.2, -0.15) is 0 Å². The zero-order valence-electron chi connectivity index (χ0n) is 21.0. The van der Waals surface area contributed by atoms with Crippen LogP contribution in [0, 0.1) is 5.92 Å². The number of nitrogens with zero attached hydrogens (tertiary/aromatic N) is 2. The van der Waals surface area contributed by atoms with E-state index >= 15 is 0 Å². The Morgan fingerprint density at radius 1 is 1.14 bits per heavy atom. The van der Waals surface area contributed by atoms with Gasteiger partial charge in [-0.05, 0) is 88.2 Å². The van der Waals surface area contributed by atoms with E-state index in [0.29, 0.717) is 23.3 Å². The largest absolute Gasteiger partial charge is 0.478 e. The van der Waals surface area contributed by atoms with Gasteiger partial charge in [-0.1, -0.05) is 37.5 Å². The average molecular weight is 472 g/mol. The number of hydrogen-bond donors (Lipinski definition) is 2. The lowest BCUT2D eigenvalue weighted by molar-refractivity contribution is 0.0696. The van der Waals surface area contributed by atoms with Crippen LogP contribution >= 0.6 is 0 Å². The lowest BCUT2D eigenvalue weighted by atomic mass is 9.72. The second kappa shape index (κ2) is 9.02. The van der Waals surface area contributed by atoms with E-state index in [9.17, 15) is 9.90 Å². The molecule has 0 spiro atoms. The highest BCUT2D eigenvalue weighted by Crippen LogP contribution is 2.47. The van der Waals surface area contributed by atoms with Crippen LogP contribution in [0.1, 0.15) is 91.2 Å². The van der Waals surface area contributed by atoms with Crippen LogP contribution in [0.2, 0.25) is 0 Å². The van der Waals surface area contributed by atoms with Crippen LogP contribution in [0.25, 0.3) is 22.7 Å². The van der Waals surface area contributed by atoms with Crippen molar-refractivity contribution in [3.05, 3.63) is 57.9 Å². The van der Waals surface area contributed by atoms with Gasteiger partial charge in [0.05, 0.1) is 11.1 Å². The van der Waals surface area contributed by atoms with Gasteiger partial charge in [0, 0.05) is 40.0 Å². The summed E-state index contributed by atoms with van der Waals surface area (Å²) < 4.78 is 2.41. The Labute approximate surface area is 207 Å². The third-order valence-electron chi connectivity index (χ3n) is 8.83. The van der Waals surface area contributed by atoms with Crippen LogP contribution in [-0.2, 0) is 0 Å². The normalized spacial score (nSPS) is 22.4. The molecule has 2 saturated carbocycles. The SMILES string of the molecule is CN(C)CCC1CCCC2=c3[nH]cc(C(=O)O)c3=Cn3c(cc4cccc(C5CCCCC5)c43)[C@H]21. The maximum absolute atomic E-state index is 12.2. The summed E-state index contributed by atoms with van der Waals surface area (Å²) >= 11 is 0. The third kappa shape index (κ3) is 3.85. The van der Waals surface area contributed by atoms with Gasteiger partial charge in [0.25, 0.3) is 0 Å². The number of aromatic carboxylic acids is 1. The molecule has 0 radical (unpaired) electrons. The lowest BCUT2D eigenvalue weighted by Crippen LogP contribution is -2.33. The highest BCUT2D eigenvalue weighted by atomic mass is 16.4. The van der Waals surface area contributed by atoms with Crippen molar-refractivity contribution in [2.24, 2.45) is 5.92 Å². The molecule has 2 aliphatic carbocycles. The van der Waals surface area contributed by atoms with Crippen LogP contribution < -0.4 is 10.6 Å². The Bertz CT molecular complexity index is 1390. The number of nitrogens with one attached hydrogen (secondary N) is 1. The molecule has 2 atom stereocenters. The number of carboxylic acids is 1. The molecule has 0 amide bonds. The van der Waals surface area contributed by atoms with Gasteiger partial charge in [0.1, 0.15) is 0 Å². The minimum absolute atomic E-state index is 0.313. The van der Waals surface area contributed by atoms with E-state index in [1.807, 2.05) is 0 Å². The molecule has 2 N–H and O–H groups in total. The zero-order valence-corrected chi connectivity index (χ0v) is 21.0. The molecule has 5 heteroatoms. The van der Waals surface area contributed by atoms with Crippen LogP contribution in [-0.4, -0.2) is 46.2 Å². The number of carbonyl (C=O) groups is 1. The van der Waals surface area contributed by atoms with Gasteiger partial charge in [-0.25, -0.2) is 4.79 Å². The Morgan fingerprint density at radius 3 is 2.74 bits per heavy atom. The molecule has 1 aliphatic heterocycles. The average Bonchev–Trinajstić information content (AvgIpc) is 3.42. The summed E-state index contributed by atoms with van der Waals surface area (Å²) in [6.45, 7) is 1.07. The summed E-state index contributed by atoms with van der Waals surface area (Å²) in [7, 11) is 4.31. The second-order valence-corrected chi connectivity index (χ2v) is 11.2. The predicted octanol–water partition coefficient (Wildman–Crippen LogP) is 5.00. The number of aromatic amines is 1. The smallest absolute Gasteiger partial charge is 0.337 e. The highest BCUT2D eigenvalue weighted by molar-refractivity contribution is 5.91. The van der Waals surface area contributed by atoms with Crippen LogP contribution in [0.5, 0.6) is 0 Å². The van der Waals surface area contributed by atoms with Gasteiger partial charge in [-0.3, -0.25) is 0 Å². The third-order valence-corrected chi connectivity index (χ3v) is 8.83. The molecule has 2 aromatic heterocycles. The van der Waals surface area contributed by atoms with Gasteiger partial charge in [0.15, 0.2) is 0 Å². The predicted molar refractivity (Wildman–Crippen MR) is 141 cm³/mol. The summed E-state index contributed by atoms with van der Waals surface area (Å²) in [6, 6.07) is 9.23. The van der Waals surface area contributed by atoms with Crippen LogP contribution in [0.3, 0.4) is 0 Å². The Hall–Kier alpha value is -2.79. The molecule has 1 aromatic carbocycles. The van der Waals surface area contributed by atoms with E-state index in [1.165, 1.54) is 72.7 Å². The number of aromatic nitrogens is 2. The molecule has 6 rings (SSSR count). The molecular weight excluding hydrogens is 434 g/mol. The van der Waals surface area contributed by atoms with E-state index in [-0.39, 0.29) is 0 Å². The van der Waals surface area contributed by atoms with Crippen molar-refractivity contribution < 1.29 is 9.90 Å². The number of carboxylic acid groups (broad SMARTS) is 1. The molecule has 0 saturated heterocycles. The molecule has 184 valence electrons. The van der Waals surface area contributed by atoms with Gasteiger partial charge in [0.2, 0.25) is 0 Å². The molecule has 35 heavy (non-hydrogen) atoms. The first-order chi connectivity index (χ1) is 17.0. The van der Waals surface area contributed by atoms with Crippen LogP contribution in [0.15, 0.2) is 30.5 Å². The number of H-pyrrole nitrogens is 1. The molecule has 5 nitrogen and oxygen atoms in total. The van der Waals surface area contributed by atoms with E-state index in [4.69, 9.17) is 0 Å². The fraction of sp³-hybridized carbons (Fsp3) is 0.500. The van der Waals surface area contributed by atoms with Crippen LogP contribution in [0.4, 0.5) is 0 Å². The first-order valence-corrected chi connectivity index (χ1v) is 13.5. The maximum atomic E-state index is 12.2. The minimum Gasteiger partial charge on any atom is -0.478 e. The number of rotatable bonds is 5. The first-order valence-electron chi connectivity index (χ1n) is 13.5. The van der Waals surface area contributed by atoms with E-state index in [0.717, 1.165) is 30.0 Å². The molecule has 3 aliphatic rings. The molecular formula is C30H37N3O2. The van der Waals surface area contributed by atoms with E-state index in [1.54, 1.807) is 6.20 Å². The number of hydrogen-bond acceptors (Lipinski definition) is 2. The summed E-state index contributed by atoms with van der Waals surface area (Å²) in [6.07, 6.45) is 14.9. The van der Waals surface area contributed by atoms with Crippen molar-refractivity contribution >= 4 is 28.6 Å². The Kier molecular flexibility index (Phi) is 5.84. The number of para-hydroxylation sites is 1. The van der Waals surface area contributed by atoms with Gasteiger partial charge < -0.3 is 19.6 Å². The highest BCUT2D eigenvalue weighted by Gasteiger charge is 2.35. The van der Waals surface area contributed by atoms with E-state index in [2.05, 4.69) is 59.0 Å². The monoisotopic (exact) mass is 471 g/mol. The molecule has 2 fully saturated rings. The van der Waals surface area contributed by atoms with Crippen molar-refractivity contribution in [1.82, 2.24) is 14.5 Å². The van der Waals surface area contributed by atoms with Crippen molar-refractivity contribution in [1.29, 1.82) is 0 Å². The van der Waals surface area contributed by atoms with Gasteiger partial charge in [-0.15, -0.1) is 0 Å². The summed E-state index contributed by atoms with van der Waals surface area (Å²) in [5.41, 5.74) is 5.88. The van der Waals surface area contributed by atoms with E-state index < -0.39 is 5.97 Å². The quantitative estimate of drug-likeness (QED) is 0.550. The Morgan fingerprint density at radius 2 is 1.97 bits per heavy atom. The number of benzene rings is 1. The standard InChI is InChI=1S/C30H37N3O2/c1-32(2)15-14-20-10-6-13-23-27(20)26-16-21-11-7-12-22(19-8-4-3-5-9-19)29(21)33(26)18-25-24(30(34)35)17-31-28(23)25/h7,11-12,16-20,27,31H,3-6,8-10,13-15H2,1-2H3,(H,34,35)/t20?,27-/m0/s1. The topological polar surface area (TPSA) is 61.3 Å². The summed E-state index contributed by atoms with van der Waals surface area (Å²) in [5, 5.41) is 13.2. The summed E-state index contributed by atoms with van der Waals surface area (Å²) in [5.74, 6) is 0.599. The fourth-order valence-electron chi connectivity index (χ4n) is 7.19. The zero-order chi connectivity index (χ0) is 24.1. The molecule has 1 unspecified atom stereocenters. The molecule has 0 bridgehead atoms. The van der Waals surface area contributed by atoms with Crippen molar-refractivity contribution in [2.75, 3.05) is 20.6 Å². The second-order valence-electron chi connectivity index (χ2n) is 11.2. The van der Waals surface area contributed by atoms with Crippen molar-refractivity contribution in [3.63, 3.8) is 0 Å². The lowest BCUT2D eigenvalue weighted by Gasteiger charge is -2.34. The fourth-order valence-corrected chi connectivity index (χ4v) is 7.19. The van der Waals surface area contributed by atoms with Crippen molar-refractivity contribution in [2.45, 2.75) is 69.6 Å².